The van der Waals surface area contributed by atoms with E-state index in [0.29, 0.717) is 6.42 Å². The molecule has 1 aromatic rings. The lowest BCUT2D eigenvalue weighted by Crippen LogP contribution is -2.30. The highest BCUT2D eigenvalue weighted by molar-refractivity contribution is 5.76. The second-order valence-electron chi connectivity index (χ2n) is 3.75. The first-order valence-corrected chi connectivity index (χ1v) is 5.16. The van der Waals surface area contributed by atoms with Gasteiger partial charge in [-0.15, -0.1) is 0 Å². The molecule has 1 aromatic carbocycles. The number of carbonyl (C=O) groups excluding carboxylic acids is 1. The molecule has 0 unspecified atom stereocenters. The molecule has 0 saturated heterocycles. The van der Waals surface area contributed by atoms with Crippen LogP contribution in [-0.4, -0.2) is 19.0 Å². The molecule has 0 aliphatic rings. The summed E-state index contributed by atoms with van der Waals surface area (Å²) in [5, 5.41) is 2.63. The summed E-state index contributed by atoms with van der Waals surface area (Å²) in [6, 6.07) is 9.89. The van der Waals surface area contributed by atoms with Crippen molar-refractivity contribution in [2.24, 2.45) is 5.73 Å². The van der Waals surface area contributed by atoms with Gasteiger partial charge in [0.05, 0.1) is 0 Å². The van der Waals surface area contributed by atoms with E-state index in [2.05, 4.69) is 5.32 Å². The van der Waals surface area contributed by atoms with E-state index in [1.165, 1.54) is 0 Å². The highest BCUT2D eigenvalue weighted by Crippen LogP contribution is 2.21. The molecule has 3 heteroatoms. The quantitative estimate of drug-likeness (QED) is 0.779. The van der Waals surface area contributed by atoms with Crippen LogP contribution in [-0.2, 0) is 4.79 Å². The first-order chi connectivity index (χ1) is 7.15. The highest BCUT2D eigenvalue weighted by atomic mass is 16.1. The average molecular weight is 206 g/mol. The second-order valence-corrected chi connectivity index (χ2v) is 3.75. The van der Waals surface area contributed by atoms with E-state index < -0.39 is 0 Å². The van der Waals surface area contributed by atoms with Crippen LogP contribution in [0.5, 0.6) is 0 Å². The molecule has 15 heavy (non-hydrogen) atoms. The number of nitrogens with two attached hydrogens (primary N) is 1. The summed E-state index contributed by atoms with van der Waals surface area (Å²) in [7, 11) is 1.64. The van der Waals surface area contributed by atoms with Crippen molar-refractivity contribution >= 4 is 5.91 Å². The molecule has 0 fully saturated rings. The van der Waals surface area contributed by atoms with Crippen molar-refractivity contribution in [3.63, 3.8) is 0 Å². The molecule has 0 bridgehead atoms. The van der Waals surface area contributed by atoms with Crippen LogP contribution in [0.1, 0.15) is 24.8 Å². The average Bonchev–Trinajstić information content (AvgIpc) is 2.26. The third kappa shape index (κ3) is 3.36. The maximum absolute atomic E-state index is 11.3. The zero-order valence-corrected chi connectivity index (χ0v) is 9.23. The fourth-order valence-electron chi connectivity index (χ4n) is 1.61. The van der Waals surface area contributed by atoms with Crippen molar-refractivity contribution in [1.29, 1.82) is 0 Å². The van der Waals surface area contributed by atoms with E-state index in [9.17, 15) is 4.79 Å². The van der Waals surface area contributed by atoms with Gasteiger partial charge < -0.3 is 11.1 Å². The lowest BCUT2D eigenvalue weighted by atomic mass is 9.89. The summed E-state index contributed by atoms with van der Waals surface area (Å²) < 4.78 is 0. The van der Waals surface area contributed by atoms with Crippen LogP contribution in [0.15, 0.2) is 30.3 Å². The van der Waals surface area contributed by atoms with E-state index in [1.54, 1.807) is 7.05 Å². The van der Waals surface area contributed by atoms with Crippen LogP contribution in [0.25, 0.3) is 0 Å². The molecule has 3 N–H and O–H groups in total. The summed E-state index contributed by atoms with van der Waals surface area (Å²) in [5.74, 6) is 0.118. The van der Waals surface area contributed by atoms with Crippen LogP contribution in [0, 0.1) is 0 Å². The third-order valence-corrected chi connectivity index (χ3v) is 2.55. The number of amides is 1. The molecule has 0 radical (unpaired) electrons. The molecule has 0 aliphatic carbocycles. The van der Waals surface area contributed by atoms with Gasteiger partial charge in [-0.2, -0.15) is 0 Å². The number of hydrogen-bond acceptors (Lipinski definition) is 2. The van der Waals surface area contributed by atoms with Crippen molar-refractivity contribution in [3.05, 3.63) is 35.9 Å². The maximum atomic E-state index is 11.3. The Morgan fingerprint density at radius 2 is 2.00 bits per heavy atom. The fraction of sp³-hybridized carbons (Fsp3) is 0.417. The van der Waals surface area contributed by atoms with Gasteiger partial charge in [0, 0.05) is 25.4 Å². The molecule has 2 atom stereocenters. The molecule has 0 spiro atoms. The Hall–Kier alpha value is -1.35. The van der Waals surface area contributed by atoms with Gasteiger partial charge in [-0.25, -0.2) is 0 Å². The molecule has 0 aliphatic heterocycles. The van der Waals surface area contributed by atoms with Crippen LogP contribution < -0.4 is 11.1 Å². The van der Waals surface area contributed by atoms with Gasteiger partial charge in [-0.05, 0) is 12.5 Å². The number of rotatable bonds is 4. The molecule has 1 rings (SSSR count). The van der Waals surface area contributed by atoms with E-state index in [-0.39, 0.29) is 17.9 Å². The van der Waals surface area contributed by atoms with Gasteiger partial charge in [0.15, 0.2) is 0 Å². The summed E-state index contributed by atoms with van der Waals surface area (Å²) in [6.07, 6.45) is 0.443. The van der Waals surface area contributed by atoms with Crippen LogP contribution >= 0.6 is 0 Å². The van der Waals surface area contributed by atoms with Crippen molar-refractivity contribution in [3.8, 4) is 0 Å². The predicted molar refractivity (Wildman–Crippen MR) is 61.5 cm³/mol. The minimum Gasteiger partial charge on any atom is -0.359 e. The van der Waals surface area contributed by atoms with Gasteiger partial charge >= 0.3 is 0 Å². The van der Waals surface area contributed by atoms with E-state index in [1.807, 2.05) is 37.3 Å². The van der Waals surface area contributed by atoms with Crippen molar-refractivity contribution in [2.75, 3.05) is 7.05 Å². The van der Waals surface area contributed by atoms with E-state index in [4.69, 9.17) is 5.73 Å². The Morgan fingerprint density at radius 3 is 2.47 bits per heavy atom. The Morgan fingerprint density at radius 1 is 1.40 bits per heavy atom. The summed E-state index contributed by atoms with van der Waals surface area (Å²) in [6.45, 7) is 1.93. The number of nitrogens with one attached hydrogen (secondary N) is 1. The zero-order valence-electron chi connectivity index (χ0n) is 9.23. The zero-order chi connectivity index (χ0) is 11.3. The predicted octanol–water partition coefficient (Wildman–Crippen LogP) is 1.25. The molecule has 82 valence electrons. The molecule has 0 heterocycles. The summed E-state index contributed by atoms with van der Waals surface area (Å²) >= 11 is 0. The van der Waals surface area contributed by atoms with Gasteiger partial charge in [0.25, 0.3) is 0 Å². The normalized spacial score (nSPS) is 14.3. The third-order valence-electron chi connectivity index (χ3n) is 2.55. The highest BCUT2D eigenvalue weighted by Gasteiger charge is 2.18. The van der Waals surface area contributed by atoms with E-state index >= 15 is 0 Å². The monoisotopic (exact) mass is 206 g/mol. The summed E-state index contributed by atoms with van der Waals surface area (Å²) in [4.78, 5) is 11.3. The minimum absolute atomic E-state index is 0.0234. The molecule has 0 aromatic heterocycles. The first-order valence-electron chi connectivity index (χ1n) is 5.16. The van der Waals surface area contributed by atoms with Gasteiger partial charge in [-0.3, -0.25) is 4.79 Å². The van der Waals surface area contributed by atoms with Gasteiger partial charge in [0.2, 0.25) is 5.91 Å². The molecular formula is C12H18N2O. The lowest BCUT2D eigenvalue weighted by Gasteiger charge is -2.20. The van der Waals surface area contributed by atoms with Crippen LogP contribution in [0.3, 0.4) is 0 Å². The van der Waals surface area contributed by atoms with Crippen LogP contribution in [0.4, 0.5) is 0 Å². The standard InChI is InChI=1S/C12H18N2O/c1-9(13)11(8-12(15)14-2)10-6-4-3-5-7-10/h3-7,9,11H,8,13H2,1-2H3,(H,14,15)/t9-,11+/m0/s1. The molecule has 3 nitrogen and oxygen atoms in total. The smallest absolute Gasteiger partial charge is 0.220 e. The number of benzene rings is 1. The number of carbonyl (C=O) groups is 1. The first kappa shape index (κ1) is 11.7. The fourth-order valence-corrected chi connectivity index (χ4v) is 1.61. The van der Waals surface area contributed by atoms with Crippen molar-refractivity contribution < 1.29 is 4.79 Å². The largest absolute Gasteiger partial charge is 0.359 e. The second kappa shape index (κ2) is 5.51. The van der Waals surface area contributed by atoms with E-state index in [0.717, 1.165) is 5.56 Å². The topological polar surface area (TPSA) is 55.1 Å². The lowest BCUT2D eigenvalue weighted by molar-refractivity contribution is -0.121. The molecule has 0 saturated carbocycles. The van der Waals surface area contributed by atoms with Gasteiger partial charge in [0.1, 0.15) is 0 Å². The minimum atomic E-state index is -0.0234. The van der Waals surface area contributed by atoms with Crippen LogP contribution in [0.2, 0.25) is 0 Å². The maximum Gasteiger partial charge on any atom is 0.220 e. The number of hydrogen-bond donors (Lipinski definition) is 2. The SMILES string of the molecule is CNC(=O)C[C@@H](c1ccccc1)[C@H](C)N. The molecule has 1 amide bonds. The Kier molecular flexibility index (Phi) is 4.31. The van der Waals surface area contributed by atoms with Gasteiger partial charge in [-0.1, -0.05) is 30.3 Å². The Labute approximate surface area is 90.7 Å². The Bertz CT molecular complexity index is 309. The Balaban J connectivity index is 2.79. The molecular weight excluding hydrogens is 188 g/mol. The summed E-state index contributed by atoms with van der Waals surface area (Å²) in [5.41, 5.74) is 7.01. The van der Waals surface area contributed by atoms with Crippen molar-refractivity contribution in [1.82, 2.24) is 5.32 Å². The van der Waals surface area contributed by atoms with Crippen molar-refractivity contribution in [2.45, 2.75) is 25.3 Å².